The third-order valence-electron chi connectivity index (χ3n) is 3.56. The van der Waals surface area contributed by atoms with Gasteiger partial charge in [0.25, 0.3) is 11.8 Å². The molecule has 140 valence electrons. The van der Waals surface area contributed by atoms with E-state index in [2.05, 4.69) is 10.3 Å². The fourth-order valence-corrected chi connectivity index (χ4v) is 2.77. The minimum Gasteiger partial charge on any atom is -0.446 e. The molecule has 0 aliphatic heterocycles. The van der Waals surface area contributed by atoms with Crippen LogP contribution in [0.3, 0.4) is 0 Å². The van der Waals surface area contributed by atoms with Gasteiger partial charge in [-0.1, -0.05) is 23.2 Å². The summed E-state index contributed by atoms with van der Waals surface area (Å²) in [5, 5.41) is 3.47. The topological polar surface area (TPSA) is 75.4 Å². The number of amides is 2. The van der Waals surface area contributed by atoms with Crippen LogP contribution in [-0.2, 0) is 6.54 Å². The Labute approximate surface area is 162 Å². The molecule has 1 aromatic heterocycles. The highest BCUT2D eigenvalue weighted by Crippen LogP contribution is 2.24. The molecule has 0 bridgehead atoms. The molecule has 26 heavy (non-hydrogen) atoms. The third-order valence-corrected chi connectivity index (χ3v) is 4.10. The lowest BCUT2D eigenvalue weighted by Gasteiger charge is -2.25. The lowest BCUT2D eigenvalue weighted by molar-refractivity contribution is 0.0672. The predicted octanol–water partition coefficient (Wildman–Crippen LogP) is 4.17. The van der Waals surface area contributed by atoms with E-state index in [4.69, 9.17) is 27.6 Å². The van der Waals surface area contributed by atoms with Crippen molar-refractivity contribution in [2.24, 2.45) is 0 Å². The molecule has 8 heteroatoms. The Morgan fingerprint density at radius 1 is 1.23 bits per heavy atom. The molecule has 2 amide bonds. The summed E-state index contributed by atoms with van der Waals surface area (Å²) in [7, 11) is 0. The molecule has 0 spiro atoms. The first-order chi connectivity index (χ1) is 12.2. The van der Waals surface area contributed by atoms with Crippen LogP contribution in [0, 0.1) is 0 Å². The van der Waals surface area contributed by atoms with E-state index in [1.165, 1.54) is 12.3 Å². The van der Waals surface area contributed by atoms with Crippen LogP contribution in [0.5, 0.6) is 0 Å². The van der Waals surface area contributed by atoms with Gasteiger partial charge in [0, 0.05) is 17.1 Å². The number of aromatic nitrogens is 1. The highest BCUT2D eigenvalue weighted by atomic mass is 35.5. The number of carbonyl (C=O) groups is 2. The van der Waals surface area contributed by atoms with Crippen LogP contribution in [0.4, 0.5) is 0 Å². The fraction of sp³-hybridized carbons (Fsp3) is 0.389. The number of hydrogen-bond donors (Lipinski definition) is 1. The minimum absolute atomic E-state index is 0.0107. The molecule has 0 fully saturated rings. The summed E-state index contributed by atoms with van der Waals surface area (Å²) in [4.78, 5) is 30.6. The van der Waals surface area contributed by atoms with Gasteiger partial charge >= 0.3 is 0 Å². The number of halogens is 2. The maximum absolute atomic E-state index is 12.9. The second kappa shape index (κ2) is 8.56. The van der Waals surface area contributed by atoms with Gasteiger partial charge in [-0.3, -0.25) is 9.59 Å². The van der Waals surface area contributed by atoms with E-state index >= 15 is 0 Å². The molecule has 0 radical (unpaired) electrons. The number of carbonyl (C=O) groups excluding carboxylic acids is 2. The Bertz CT molecular complexity index is 803. The number of rotatable bonds is 6. The normalized spacial score (nSPS) is 11.1. The van der Waals surface area contributed by atoms with Gasteiger partial charge in [0.05, 0.1) is 17.1 Å². The van der Waals surface area contributed by atoms with Crippen LogP contribution >= 0.6 is 23.2 Å². The van der Waals surface area contributed by atoms with Crippen molar-refractivity contribution >= 4 is 35.0 Å². The van der Waals surface area contributed by atoms with Crippen molar-refractivity contribution in [3.8, 4) is 0 Å². The first-order valence-electron chi connectivity index (χ1n) is 8.20. The van der Waals surface area contributed by atoms with Gasteiger partial charge in [-0.25, -0.2) is 4.98 Å². The number of benzene rings is 1. The Balaban J connectivity index is 2.20. The zero-order chi connectivity index (χ0) is 19.4. The average molecular weight is 398 g/mol. The van der Waals surface area contributed by atoms with Crippen molar-refractivity contribution in [2.45, 2.75) is 46.3 Å². The molecular weight excluding hydrogens is 377 g/mol. The lowest BCUT2D eigenvalue weighted by Crippen LogP contribution is -2.36. The summed E-state index contributed by atoms with van der Waals surface area (Å²) in [5.41, 5.74) is 0.517. The van der Waals surface area contributed by atoms with Gasteiger partial charge in [-0.2, -0.15) is 0 Å². The summed E-state index contributed by atoms with van der Waals surface area (Å²) in [6.45, 7) is 7.57. The van der Waals surface area contributed by atoms with Crippen LogP contribution in [0.2, 0.25) is 10.0 Å². The zero-order valence-corrected chi connectivity index (χ0v) is 16.6. The third kappa shape index (κ3) is 4.99. The van der Waals surface area contributed by atoms with Crippen LogP contribution in [-0.4, -0.2) is 33.8 Å². The molecule has 6 nitrogen and oxygen atoms in total. The molecule has 1 N–H and O–H groups in total. The molecule has 0 aliphatic rings. The summed E-state index contributed by atoms with van der Waals surface area (Å²) < 4.78 is 5.36. The van der Waals surface area contributed by atoms with Gasteiger partial charge in [0.1, 0.15) is 6.26 Å². The molecule has 2 rings (SSSR count). The number of nitrogens with one attached hydrogen (secondary N) is 1. The second-order valence-electron chi connectivity index (χ2n) is 6.41. The van der Waals surface area contributed by atoms with Crippen molar-refractivity contribution in [3.63, 3.8) is 0 Å². The monoisotopic (exact) mass is 397 g/mol. The van der Waals surface area contributed by atoms with Gasteiger partial charge in [0.15, 0.2) is 5.69 Å². The zero-order valence-electron chi connectivity index (χ0n) is 15.0. The highest BCUT2D eigenvalue weighted by Gasteiger charge is 2.24. The van der Waals surface area contributed by atoms with Gasteiger partial charge in [-0.15, -0.1) is 0 Å². The largest absolute Gasteiger partial charge is 0.446 e. The second-order valence-corrected chi connectivity index (χ2v) is 7.25. The lowest BCUT2D eigenvalue weighted by atomic mass is 10.1. The van der Waals surface area contributed by atoms with E-state index in [-0.39, 0.29) is 47.1 Å². The van der Waals surface area contributed by atoms with Crippen molar-refractivity contribution < 1.29 is 14.0 Å². The minimum atomic E-state index is -0.321. The fourth-order valence-electron chi connectivity index (χ4n) is 2.28. The van der Waals surface area contributed by atoms with Gasteiger partial charge in [-0.05, 0) is 45.9 Å². The standard InChI is InChI=1S/C18H21Cl2N3O3/c1-10(2)21-17(24)15-9-26-16(22-15)8-23(11(3)4)18(25)13-6-5-12(19)7-14(13)20/h5-7,9-11H,8H2,1-4H3,(H,21,24). The number of nitrogens with zero attached hydrogens (tertiary/aromatic N) is 2. The highest BCUT2D eigenvalue weighted by molar-refractivity contribution is 6.36. The van der Waals surface area contributed by atoms with E-state index in [1.807, 2.05) is 27.7 Å². The Kier molecular flexibility index (Phi) is 6.67. The van der Waals surface area contributed by atoms with E-state index in [1.54, 1.807) is 17.0 Å². The molecular formula is C18H21Cl2N3O3. The van der Waals surface area contributed by atoms with Crippen molar-refractivity contribution in [3.05, 3.63) is 51.7 Å². The van der Waals surface area contributed by atoms with E-state index < -0.39 is 0 Å². The maximum Gasteiger partial charge on any atom is 0.273 e. The average Bonchev–Trinajstić information content (AvgIpc) is 3.00. The maximum atomic E-state index is 12.9. The van der Waals surface area contributed by atoms with Crippen molar-refractivity contribution in [1.82, 2.24) is 15.2 Å². The summed E-state index contributed by atoms with van der Waals surface area (Å²) in [6, 6.07) is 4.57. The molecule has 2 aromatic rings. The Hall–Kier alpha value is -2.05. The predicted molar refractivity (Wildman–Crippen MR) is 101 cm³/mol. The summed E-state index contributed by atoms with van der Waals surface area (Å²) in [6.07, 6.45) is 1.28. The number of oxazole rings is 1. The smallest absolute Gasteiger partial charge is 0.273 e. The van der Waals surface area contributed by atoms with E-state index in [0.717, 1.165) is 0 Å². The molecule has 0 aliphatic carbocycles. The summed E-state index contributed by atoms with van der Waals surface area (Å²) >= 11 is 12.0. The molecule has 0 saturated heterocycles. The molecule has 1 aromatic carbocycles. The molecule has 0 atom stereocenters. The quantitative estimate of drug-likeness (QED) is 0.793. The Morgan fingerprint density at radius 2 is 1.92 bits per heavy atom. The molecule has 1 heterocycles. The van der Waals surface area contributed by atoms with Gasteiger partial charge < -0.3 is 14.6 Å². The van der Waals surface area contributed by atoms with Crippen molar-refractivity contribution in [2.75, 3.05) is 0 Å². The van der Waals surface area contributed by atoms with Crippen LogP contribution in [0.15, 0.2) is 28.9 Å². The first-order valence-corrected chi connectivity index (χ1v) is 8.96. The van der Waals surface area contributed by atoms with Crippen molar-refractivity contribution in [1.29, 1.82) is 0 Å². The Morgan fingerprint density at radius 3 is 2.50 bits per heavy atom. The molecule has 0 unspecified atom stereocenters. The van der Waals surface area contributed by atoms with E-state index in [9.17, 15) is 9.59 Å². The van der Waals surface area contributed by atoms with Crippen LogP contribution in [0.25, 0.3) is 0 Å². The number of hydrogen-bond acceptors (Lipinski definition) is 4. The van der Waals surface area contributed by atoms with E-state index in [0.29, 0.717) is 10.6 Å². The SMILES string of the molecule is CC(C)NC(=O)c1coc(CN(C(=O)c2ccc(Cl)cc2Cl)C(C)C)n1. The summed E-state index contributed by atoms with van der Waals surface area (Å²) in [5.74, 6) is -0.322. The first kappa shape index (κ1) is 20.3. The van der Waals surface area contributed by atoms with Gasteiger partial charge in [0.2, 0.25) is 5.89 Å². The molecule has 0 saturated carbocycles. The van der Waals surface area contributed by atoms with Crippen LogP contribution < -0.4 is 5.32 Å². The van der Waals surface area contributed by atoms with Crippen LogP contribution in [0.1, 0.15) is 54.4 Å².